The second kappa shape index (κ2) is 3.90. The van der Waals surface area contributed by atoms with Gasteiger partial charge in [0.15, 0.2) is 0 Å². The highest BCUT2D eigenvalue weighted by atomic mass is 32.3. The first-order valence-electron chi connectivity index (χ1n) is 0.698. The van der Waals surface area contributed by atoms with Gasteiger partial charge in [-0.25, -0.2) is 0 Å². The van der Waals surface area contributed by atoms with Gasteiger partial charge in [0.25, 0.3) is 0 Å². The molecule has 0 atom stereocenters. The summed E-state index contributed by atoms with van der Waals surface area (Å²) in [5.41, 5.74) is 0. The summed E-state index contributed by atoms with van der Waals surface area (Å²) in [6.45, 7) is 0. The summed E-state index contributed by atoms with van der Waals surface area (Å²) < 4.78 is 31.6. The topological polar surface area (TPSA) is 74.6 Å². The van der Waals surface area contributed by atoms with E-state index in [1.807, 2.05) is 0 Å². The van der Waals surface area contributed by atoms with Crippen molar-refractivity contribution in [1.82, 2.24) is 0 Å². The molecule has 0 aromatic heterocycles. The van der Waals surface area contributed by atoms with Crippen molar-refractivity contribution in [3.63, 3.8) is 0 Å². The Balaban J connectivity index is -0.0000000800. The summed E-state index contributed by atoms with van der Waals surface area (Å²) in [6.07, 6.45) is 0. The maximum atomic E-state index is 8.74. The Morgan fingerprint density at radius 2 is 1.00 bits per heavy atom. The predicted molar refractivity (Wildman–Crippen MR) is 19.2 cm³/mol. The molecule has 0 fully saturated rings. The Morgan fingerprint density at radius 3 is 1.00 bits per heavy atom. The van der Waals surface area contributed by atoms with E-state index in [-0.39, 0.29) is 9.41 Å². The van der Waals surface area contributed by atoms with E-state index in [2.05, 4.69) is 0 Å². The Labute approximate surface area is 38.5 Å². The van der Waals surface area contributed by atoms with Gasteiger partial charge in [0, 0.05) is 0 Å². The van der Waals surface area contributed by atoms with Crippen molar-refractivity contribution in [2.24, 2.45) is 0 Å². The van der Waals surface area contributed by atoms with Crippen LogP contribution in [-0.2, 0) is 10.4 Å². The van der Waals surface area contributed by atoms with Crippen LogP contribution in [0.4, 0.5) is 9.41 Å². The van der Waals surface area contributed by atoms with Crippen LogP contribution in [0, 0.1) is 0 Å². The summed E-state index contributed by atoms with van der Waals surface area (Å²) in [4.78, 5) is 0. The van der Waals surface area contributed by atoms with E-state index in [4.69, 9.17) is 17.5 Å². The van der Waals surface area contributed by atoms with Crippen molar-refractivity contribution in [2.75, 3.05) is 0 Å². The molecule has 0 saturated carbocycles. The maximum Gasteiger partial charge on any atom is 0.394 e. The minimum atomic E-state index is -4.67. The van der Waals surface area contributed by atoms with Crippen molar-refractivity contribution < 1.29 is 26.9 Å². The van der Waals surface area contributed by atoms with Crippen LogP contribution in [0.3, 0.4) is 0 Å². The van der Waals surface area contributed by atoms with E-state index in [1.54, 1.807) is 0 Å². The first kappa shape index (κ1) is 15.9. The molecule has 0 radical (unpaired) electrons. The molecule has 0 bridgehead atoms. The predicted octanol–water partition coefficient (Wildman–Crippen LogP) is -0.348. The van der Waals surface area contributed by atoms with Crippen LogP contribution in [0.5, 0.6) is 0 Å². The highest BCUT2D eigenvalue weighted by Gasteiger charge is 1.84. The van der Waals surface area contributed by atoms with Crippen molar-refractivity contribution in [3.05, 3.63) is 0 Å². The smallest absolute Gasteiger partial charge is 0.269 e. The second-order valence-corrected chi connectivity index (χ2v) is 1.34. The molecule has 0 amide bonds. The molecule has 0 aliphatic rings. The largest absolute Gasteiger partial charge is 0.394 e. The molecule has 0 spiro atoms. The van der Waals surface area contributed by atoms with Crippen LogP contribution >= 0.6 is 0 Å². The Kier molecular flexibility index (Phi) is 8.86. The molecule has 7 heavy (non-hydrogen) atoms. The number of halogens is 2. The van der Waals surface area contributed by atoms with Gasteiger partial charge in [-0.2, -0.15) is 8.42 Å². The summed E-state index contributed by atoms with van der Waals surface area (Å²) >= 11 is 0. The second-order valence-electron chi connectivity index (χ2n) is 0.448. The molecule has 0 rings (SSSR count). The van der Waals surface area contributed by atoms with Gasteiger partial charge in [0.1, 0.15) is 0 Å². The van der Waals surface area contributed by atoms with E-state index in [9.17, 15) is 0 Å². The Bertz CT molecular complexity index is 92.9. The van der Waals surface area contributed by atoms with Gasteiger partial charge < -0.3 is 0 Å². The van der Waals surface area contributed by atoms with Gasteiger partial charge in [-0.15, -0.1) is 0 Å². The summed E-state index contributed by atoms with van der Waals surface area (Å²) in [6, 6.07) is 0. The SMILES string of the molecule is F.F.O=S(=O)(O)O. The van der Waals surface area contributed by atoms with Gasteiger partial charge in [-0.1, -0.05) is 0 Å². The van der Waals surface area contributed by atoms with Crippen LogP contribution in [-0.4, -0.2) is 17.5 Å². The molecule has 0 unspecified atom stereocenters. The van der Waals surface area contributed by atoms with Crippen molar-refractivity contribution >= 4 is 10.4 Å². The zero-order valence-corrected chi connectivity index (χ0v) is 3.75. The van der Waals surface area contributed by atoms with Crippen molar-refractivity contribution in [3.8, 4) is 0 Å². The summed E-state index contributed by atoms with van der Waals surface area (Å²) in [5, 5.41) is 0. The van der Waals surface area contributed by atoms with E-state index in [0.717, 1.165) is 0 Å². The molecule has 0 heterocycles. The highest BCUT2D eigenvalue weighted by molar-refractivity contribution is 7.79. The fourth-order valence-corrected chi connectivity index (χ4v) is 0. The van der Waals surface area contributed by atoms with Gasteiger partial charge in [-0.05, 0) is 0 Å². The Hall–Kier alpha value is -0.270. The zero-order valence-electron chi connectivity index (χ0n) is 2.94. The fourth-order valence-electron chi connectivity index (χ4n) is 0. The van der Waals surface area contributed by atoms with Crippen LogP contribution in [0.2, 0.25) is 0 Å². The van der Waals surface area contributed by atoms with E-state index >= 15 is 0 Å². The third kappa shape index (κ3) is 1090. The molecule has 48 valence electrons. The van der Waals surface area contributed by atoms with Crippen LogP contribution in [0.15, 0.2) is 0 Å². The highest BCUT2D eigenvalue weighted by Crippen LogP contribution is 1.59. The first-order valence-corrected chi connectivity index (χ1v) is 2.10. The fraction of sp³-hybridized carbons (Fsp3) is 0. The van der Waals surface area contributed by atoms with E-state index < -0.39 is 10.4 Å². The summed E-state index contributed by atoms with van der Waals surface area (Å²) in [5.74, 6) is 0. The number of rotatable bonds is 0. The van der Waals surface area contributed by atoms with Gasteiger partial charge >= 0.3 is 10.4 Å². The lowest BCUT2D eigenvalue weighted by molar-refractivity contribution is 0.381. The van der Waals surface area contributed by atoms with Crippen molar-refractivity contribution in [1.29, 1.82) is 0 Å². The normalized spacial score (nSPS) is 8.29. The standard InChI is InChI=1S/2FH.H2O4S/c;;1-5(2,3)4/h2*1H;(H2,1,2,3,4). The quantitative estimate of drug-likeness (QED) is 0.449. The Morgan fingerprint density at radius 1 is 1.00 bits per heavy atom. The van der Waals surface area contributed by atoms with Gasteiger partial charge in [-0.3, -0.25) is 18.5 Å². The average Bonchev–Trinajstić information content (AvgIpc) is 0.722. The van der Waals surface area contributed by atoms with Gasteiger partial charge in [0.05, 0.1) is 0 Å². The maximum absolute atomic E-state index is 8.74. The number of hydrogen-bond acceptors (Lipinski definition) is 2. The minimum Gasteiger partial charge on any atom is -0.269 e. The molecule has 7 heteroatoms. The monoisotopic (exact) mass is 138 g/mol. The molecule has 2 N–H and O–H groups in total. The van der Waals surface area contributed by atoms with E-state index in [0.29, 0.717) is 0 Å². The molecule has 0 saturated heterocycles. The molecular formula is H4F2O4S. The van der Waals surface area contributed by atoms with Gasteiger partial charge in [0.2, 0.25) is 0 Å². The lowest BCUT2D eigenvalue weighted by atomic mass is 15.8. The molecule has 0 aromatic rings. The van der Waals surface area contributed by atoms with Crippen LogP contribution in [0.25, 0.3) is 0 Å². The lowest BCUT2D eigenvalue weighted by Gasteiger charge is -1.68. The zero-order chi connectivity index (χ0) is 4.50. The first-order chi connectivity index (χ1) is 2.00. The van der Waals surface area contributed by atoms with Crippen molar-refractivity contribution in [2.45, 2.75) is 0 Å². The van der Waals surface area contributed by atoms with E-state index in [1.165, 1.54) is 0 Å². The molecular weight excluding hydrogens is 134 g/mol. The lowest BCUT2D eigenvalue weighted by Crippen LogP contribution is -1.89. The molecule has 0 aliphatic heterocycles. The minimum absolute atomic E-state index is 0. The molecule has 0 aromatic carbocycles. The van der Waals surface area contributed by atoms with Crippen LogP contribution in [0.1, 0.15) is 0 Å². The average molecular weight is 138 g/mol. The number of hydrogen-bond donors (Lipinski definition) is 2. The molecule has 4 nitrogen and oxygen atoms in total. The third-order valence-electron chi connectivity index (χ3n) is 0. The summed E-state index contributed by atoms with van der Waals surface area (Å²) in [7, 11) is -4.67. The third-order valence-corrected chi connectivity index (χ3v) is 0. The van der Waals surface area contributed by atoms with Crippen LogP contribution < -0.4 is 0 Å². The molecule has 0 aliphatic carbocycles.